The molecule has 3 rings (SSSR count). The molecule has 4 N–H and O–H groups in total. The molecule has 186 valence electrons. The molecule has 1 atom stereocenters. The molecular formula is C26H33N5O4. The van der Waals surface area contributed by atoms with Crippen LogP contribution >= 0.6 is 0 Å². The van der Waals surface area contributed by atoms with Gasteiger partial charge in [-0.3, -0.25) is 24.5 Å². The molecule has 2 aromatic carbocycles. The van der Waals surface area contributed by atoms with Crippen LogP contribution in [-0.2, 0) is 9.59 Å². The third-order valence-electron chi connectivity index (χ3n) is 5.47. The number of hydrogen-bond donors (Lipinski definition) is 4. The number of piperazine rings is 1. The van der Waals surface area contributed by atoms with Crippen LogP contribution in [-0.4, -0.2) is 85.1 Å². The van der Waals surface area contributed by atoms with E-state index in [4.69, 9.17) is 5.21 Å². The van der Waals surface area contributed by atoms with Gasteiger partial charge in [0.15, 0.2) is 0 Å². The minimum absolute atomic E-state index is 0. The number of carbonyl (C=O) groups is 3. The van der Waals surface area contributed by atoms with Crippen molar-refractivity contribution in [1.82, 2.24) is 25.9 Å². The SMILES string of the molecule is C.CN1CCN(CC(=O)NC[C@H](NC(=O)c2ccc(C#Cc3ccccc3)cc2)C(=O)NO)CC1. The van der Waals surface area contributed by atoms with Crippen molar-refractivity contribution in [2.45, 2.75) is 13.5 Å². The second kappa shape index (κ2) is 13.9. The van der Waals surface area contributed by atoms with Gasteiger partial charge < -0.3 is 15.5 Å². The lowest BCUT2D eigenvalue weighted by molar-refractivity contribution is -0.131. The van der Waals surface area contributed by atoms with E-state index in [0.717, 1.165) is 37.3 Å². The quantitative estimate of drug-likeness (QED) is 0.264. The largest absolute Gasteiger partial charge is 0.352 e. The standard InChI is InChI=1S/C25H29N5O4.CH4/c1-29-13-15-30(16-14-29)18-23(31)26-17-22(25(33)28-34)27-24(32)21-11-9-20(10-12-21)8-7-19-5-3-2-4-6-19;/h2-6,9-12,22,34H,13-18H2,1H3,(H,26,31)(H,27,32)(H,28,33);1H4/t22-;/m0./s1. The molecule has 0 aliphatic carbocycles. The zero-order chi connectivity index (χ0) is 24.3. The number of nitrogens with one attached hydrogen (secondary N) is 3. The van der Waals surface area contributed by atoms with E-state index in [1.165, 1.54) is 5.48 Å². The Balaban J connectivity index is 0.00000432. The van der Waals surface area contributed by atoms with Gasteiger partial charge in [0, 0.05) is 49.4 Å². The molecule has 0 spiro atoms. The Bertz CT molecular complexity index is 1040. The fraction of sp³-hybridized carbons (Fsp3) is 0.346. The monoisotopic (exact) mass is 479 g/mol. The Labute approximate surface area is 206 Å². The van der Waals surface area contributed by atoms with Crippen LogP contribution in [0.2, 0.25) is 0 Å². The molecule has 9 heteroatoms. The second-order valence-electron chi connectivity index (χ2n) is 8.08. The smallest absolute Gasteiger partial charge is 0.267 e. The zero-order valence-corrected chi connectivity index (χ0v) is 19.1. The van der Waals surface area contributed by atoms with Crippen LogP contribution in [0.5, 0.6) is 0 Å². The molecular weight excluding hydrogens is 446 g/mol. The van der Waals surface area contributed by atoms with Crippen LogP contribution in [0.25, 0.3) is 0 Å². The first-order chi connectivity index (χ1) is 16.4. The van der Waals surface area contributed by atoms with Crippen molar-refractivity contribution < 1.29 is 19.6 Å². The summed E-state index contributed by atoms with van der Waals surface area (Å²) in [6.45, 7) is 3.40. The van der Waals surface area contributed by atoms with Gasteiger partial charge in [0.1, 0.15) is 6.04 Å². The van der Waals surface area contributed by atoms with Gasteiger partial charge >= 0.3 is 0 Å². The predicted molar refractivity (Wildman–Crippen MR) is 134 cm³/mol. The average molecular weight is 480 g/mol. The van der Waals surface area contributed by atoms with Crippen molar-refractivity contribution >= 4 is 17.7 Å². The third-order valence-corrected chi connectivity index (χ3v) is 5.47. The van der Waals surface area contributed by atoms with E-state index in [0.29, 0.717) is 5.56 Å². The highest BCUT2D eigenvalue weighted by molar-refractivity contribution is 5.97. The Morgan fingerprint density at radius 1 is 0.943 bits per heavy atom. The van der Waals surface area contributed by atoms with E-state index in [-0.39, 0.29) is 26.4 Å². The zero-order valence-electron chi connectivity index (χ0n) is 19.1. The van der Waals surface area contributed by atoms with Crippen LogP contribution in [0.1, 0.15) is 28.9 Å². The lowest BCUT2D eigenvalue weighted by atomic mass is 10.1. The van der Waals surface area contributed by atoms with E-state index >= 15 is 0 Å². The number of hydroxylamine groups is 1. The van der Waals surface area contributed by atoms with Crippen LogP contribution in [0.15, 0.2) is 54.6 Å². The van der Waals surface area contributed by atoms with Gasteiger partial charge in [-0.15, -0.1) is 0 Å². The van der Waals surface area contributed by atoms with Crippen LogP contribution in [0, 0.1) is 11.8 Å². The van der Waals surface area contributed by atoms with Gasteiger partial charge in [0.2, 0.25) is 5.91 Å². The molecule has 1 aliphatic heterocycles. The first kappa shape index (κ1) is 27.5. The molecule has 0 bridgehead atoms. The van der Waals surface area contributed by atoms with Crippen molar-refractivity contribution in [3.8, 4) is 11.8 Å². The van der Waals surface area contributed by atoms with Gasteiger partial charge in [-0.2, -0.15) is 0 Å². The summed E-state index contributed by atoms with van der Waals surface area (Å²) in [5.74, 6) is 4.49. The normalized spacial score (nSPS) is 14.5. The summed E-state index contributed by atoms with van der Waals surface area (Å²) in [6.07, 6.45) is 0. The van der Waals surface area contributed by atoms with Gasteiger partial charge in [-0.1, -0.05) is 37.5 Å². The molecule has 0 radical (unpaired) electrons. The first-order valence-corrected chi connectivity index (χ1v) is 11.0. The average Bonchev–Trinajstić information content (AvgIpc) is 2.87. The summed E-state index contributed by atoms with van der Waals surface area (Å²) in [7, 11) is 2.03. The van der Waals surface area contributed by atoms with Crippen molar-refractivity contribution in [3.05, 3.63) is 71.3 Å². The lowest BCUT2D eigenvalue weighted by Crippen LogP contribution is -2.54. The summed E-state index contributed by atoms with van der Waals surface area (Å²) in [5, 5.41) is 14.2. The summed E-state index contributed by atoms with van der Waals surface area (Å²) < 4.78 is 0. The van der Waals surface area contributed by atoms with Gasteiger partial charge in [-0.25, -0.2) is 5.48 Å². The van der Waals surface area contributed by atoms with E-state index in [9.17, 15) is 14.4 Å². The van der Waals surface area contributed by atoms with Crippen molar-refractivity contribution in [3.63, 3.8) is 0 Å². The Morgan fingerprint density at radius 3 is 2.14 bits per heavy atom. The maximum Gasteiger partial charge on any atom is 0.267 e. The highest BCUT2D eigenvalue weighted by atomic mass is 16.5. The van der Waals surface area contributed by atoms with E-state index in [1.807, 2.05) is 42.3 Å². The minimum Gasteiger partial charge on any atom is -0.352 e. The van der Waals surface area contributed by atoms with E-state index in [1.54, 1.807) is 24.3 Å². The molecule has 1 fully saturated rings. The fourth-order valence-electron chi connectivity index (χ4n) is 3.38. The highest BCUT2D eigenvalue weighted by Gasteiger charge is 2.23. The summed E-state index contributed by atoms with van der Waals surface area (Å²) in [6, 6.07) is 15.0. The van der Waals surface area contributed by atoms with Crippen LogP contribution in [0.4, 0.5) is 0 Å². The van der Waals surface area contributed by atoms with Gasteiger partial charge in [0.05, 0.1) is 6.54 Å². The molecule has 9 nitrogen and oxygen atoms in total. The Kier molecular flexibility index (Phi) is 10.9. The number of rotatable bonds is 7. The van der Waals surface area contributed by atoms with Crippen LogP contribution < -0.4 is 16.1 Å². The summed E-state index contributed by atoms with van der Waals surface area (Å²) in [4.78, 5) is 41.1. The maximum absolute atomic E-state index is 12.6. The van der Waals surface area contributed by atoms with E-state index < -0.39 is 17.9 Å². The topological polar surface area (TPSA) is 114 Å². The predicted octanol–water partition coefficient (Wildman–Crippen LogP) is 0.690. The Hall–Kier alpha value is -3.71. The number of likely N-dealkylation sites (N-methyl/N-ethyl adjacent to an activating group) is 1. The second-order valence-corrected chi connectivity index (χ2v) is 8.08. The van der Waals surface area contributed by atoms with Gasteiger partial charge in [0.25, 0.3) is 11.8 Å². The number of amides is 3. The van der Waals surface area contributed by atoms with Gasteiger partial charge in [-0.05, 0) is 43.4 Å². The fourth-order valence-corrected chi connectivity index (χ4v) is 3.38. The molecule has 0 saturated carbocycles. The minimum atomic E-state index is -1.13. The van der Waals surface area contributed by atoms with Crippen molar-refractivity contribution in [2.75, 3.05) is 46.3 Å². The number of hydrogen-bond acceptors (Lipinski definition) is 6. The summed E-state index contributed by atoms with van der Waals surface area (Å²) >= 11 is 0. The molecule has 35 heavy (non-hydrogen) atoms. The third kappa shape index (κ3) is 8.87. The molecule has 1 aliphatic rings. The maximum atomic E-state index is 12.6. The lowest BCUT2D eigenvalue weighted by Gasteiger charge is -2.31. The van der Waals surface area contributed by atoms with Crippen molar-refractivity contribution in [2.24, 2.45) is 0 Å². The summed E-state index contributed by atoms with van der Waals surface area (Å²) in [5.41, 5.74) is 3.48. The molecule has 1 heterocycles. The highest BCUT2D eigenvalue weighted by Crippen LogP contribution is 2.05. The number of carbonyl (C=O) groups excluding carboxylic acids is 3. The van der Waals surface area contributed by atoms with E-state index in [2.05, 4.69) is 27.4 Å². The Morgan fingerprint density at radius 2 is 1.54 bits per heavy atom. The first-order valence-electron chi connectivity index (χ1n) is 11.0. The molecule has 0 aromatic heterocycles. The molecule has 1 saturated heterocycles. The number of nitrogens with zero attached hydrogens (tertiary/aromatic N) is 2. The van der Waals surface area contributed by atoms with Crippen LogP contribution in [0.3, 0.4) is 0 Å². The number of benzene rings is 2. The molecule has 2 aromatic rings. The molecule has 0 unspecified atom stereocenters. The molecule has 3 amide bonds. The van der Waals surface area contributed by atoms with Crippen molar-refractivity contribution in [1.29, 1.82) is 0 Å².